The number of nitrogen functional groups attached to an aromatic ring is 1. The van der Waals surface area contributed by atoms with Crippen molar-refractivity contribution in [1.29, 1.82) is 0 Å². The molecule has 3 heterocycles. The summed E-state index contributed by atoms with van der Waals surface area (Å²) in [6, 6.07) is 6.48. The van der Waals surface area contributed by atoms with Gasteiger partial charge in [0.25, 0.3) is 0 Å². The predicted molar refractivity (Wildman–Crippen MR) is 182 cm³/mol. The molecule has 2 aromatic heterocycles. The number of nitrogens with zero attached hydrogens (tertiary/aromatic N) is 6. The predicted octanol–water partition coefficient (Wildman–Crippen LogP) is 5.54. The molecule has 4 aromatic rings. The molecule has 1 aliphatic heterocycles. The zero-order chi connectivity index (χ0) is 35.1. The van der Waals surface area contributed by atoms with Gasteiger partial charge in [0.05, 0.1) is 30.7 Å². The van der Waals surface area contributed by atoms with E-state index >= 15 is 0 Å². The highest BCUT2D eigenvalue weighted by molar-refractivity contribution is 6.07. The fourth-order valence-corrected chi connectivity index (χ4v) is 6.02. The molecule has 1 saturated heterocycles. The maximum atomic E-state index is 13.7. The summed E-state index contributed by atoms with van der Waals surface area (Å²) in [6.45, 7) is 8.57. The molecule has 14 heteroatoms. The molecule has 5 rings (SSSR count). The van der Waals surface area contributed by atoms with Crippen molar-refractivity contribution in [1.82, 2.24) is 24.3 Å². The van der Waals surface area contributed by atoms with E-state index in [4.69, 9.17) is 20.4 Å². The number of aromatic nitrogens is 3. The lowest BCUT2D eigenvalue weighted by molar-refractivity contribution is -0.136. The second-order valence-electron chi connectivity index (χ2n) is 12.6. The van der Waals surface area contributed by atoms with E-state index in [1.807, 2.05) is 7.05 Å². The van der Waals surface area contributed by atoms with E-state index in [-0.39, 0.29) is 19.1 Å². The van der Waals surface area contributed by atoms with Crippen molar-refractivity contribution in [3.8, 4) is 5.75 Å². The summed E-state index contributed by atoms with van der Waals surface area (Å²) >= 11 is 0. The number of pyridine rings is 1. The lowest BCUT2D eigenvalue weighted by Crippen LogP contribution is -2.44. The number of anilines is 2. The Morgan fingerprint density at radius 3 is 2.41 bits per heavy atom. The van der Waals surface area contributed by atoms with Gasteiger partial charge in [-0.25, -0.2) is 18.7 Å². The van der Waals surface area contributed by atoms with Gasteiger partial charge in [0, 0.05) is 62.8 Å². The molecule has 0 spiro atoms. The summed E-state index contributed by atoms with van der Waals surface area (Å²) in [7, 11) is 4.12. The van der Waals surface area contributed by atoms with Gasteiger partial charge in [-0.15, -0.1) is 0 Å². The lowest BCUT2D eigenvalue weighted by atomic mass is 10.1. The van der Waals surface area contributed by atoms with Crippen LogP contribution in [0.3, 0.4) is 0 Å². The average Bonchev–Trinajstić information content (AvgIpc) is 3.46. The Kier molecular flexibility index (Phi) is 12.3. The third kappa shape index (κ3) is 8.78. The number of carbonyl (C=O) groups is 1. The Hall–Kier alpha value is -4.01. The van der Waals surface area contributed by atoms with Crippen molar-refractivity contribution in [2.24, 2.45) is 0 Å². The summed E-state index contributed by atoms with van der Waals surface area (Å²) < 4.78 is 66.5. The molecule has 0 saturated carbocycles. The van der Waals surface area contributed by atoms with Crippen LogP contribution in [0.1, 0.15) is 44.9 Å². The number of esters is 1. The van der Waals surface area contributed by atoms with Gasteiger partial charge in [-0.3, -0.25) is 4.79 Å². The minimum Gasteiger partial charge on any atom is -0.420 e. The van der Waals surface area contributed by atoms with Gasteiger partial charge in [-0.05, 0) is 58.1 Å². The van der Waals surface area contributed by atoms with Crippen LogP contribution in [0.15, 0.2) is 24.3 Å². The molecule has 2 aromatic carbocycles. The normalized spacial score (nSPS) is 14.1. The molecule has 1 aliphatic rings. The molecule has 10 nitrogen and oxygen atoms in total. The first-order chi connectivity index (χ1) is 23.6. The minimum absolute atomic E-state index is 0.0479. The number of hydrogen-bond acceptors (Lipinski definition) is 9. The van der Waals surface area contributed by atoms with Gasteiger partial charge in [0.1, 0.15) is 11.3 Å². The van der Waals surface area contributed by atoms with E-state index in [0.29, 0.717) is 19.0 Å². The van der Waals surface area contributed by atoms with Crippen LogP contribution in [0.25, 0.3) is 21.9 Å². The van der Waals surface area contributed by atoms with Gasteiger partial charge in [0.15, 0.2) is 17.5 Å². The first-order valence-electron chi connectivity index (χ1n) is 16.9. The second kappa shape index (κ2) is 16.6. The van der Waals surface area contributed by atoms with Crippen LogP contribution in [-0.4, -0.2) is 96.9 Å². The molecule has 0 amide bonds. The topological polar surface area (TPSA) is 102 Å². The molecule has 49 heavy (non-hydrogen) atoms. The fourth-order valence-electron chi connectivity index (χ4n) is 6.02. The Labute approximate surface area is 283 Å². The quantitative estimate of drug-likeness (QED) is 0.0535. The maximum Gasteiger partial charge on any atom is 0.313 e. The first-order valence-corrected chi connectivity index (χ1v) is 16.9. The number of rotatable bonds is 16. The number of ether oxygens (including phenoxy) is 2. The van der Waals surface area contributed by atoms with E-state index in [0.717, 1.165) is 99.1 Å². The highest BCUT2D eigenvalue weighted by atomic mass is 19.2. The third-order valence-electron chi connectivity index (χ3n) is 8.91. The highest BCUT2D eigenvalue weighted by Gasteiger charge is 2.23. The summed E-state index contributed by atoms with van der Waals surface area (Å²) in [5.41, 5.74) is 10.3. The van der Waals surface area contributed by atoms with Gasteiger partial charge >= 0.3 is 5.97 Å². The monoisotopic (exact) mass is 687 g/mol. The summed E-state index contributed by atoms with van der Waals surface area (Å²) in [5, 5.41) is 1.06. The Balaban J connectivity index is 1.14. The van der Waals surface area contributed by atoms with Crippen LogP contribution < -0.4 is 15.4 Å². The third-order valence-corrected chi connectivity index (χ3v) is 8.91. The van der Waals surface area contributed by atoms with Crippen molar-refractivity contribution >= 4 is 39.4 Å². The lowest BCUT2D eigenvalue weighted by Gasteiger charge is -2.34. The average molecular weight is 688 g/mol. The second-order valence-corrected chi connectivity index (χ2v) is 12.6. The van der Waals surface area contributed by atoms with Crippen LogP contribution in [0.2, 0.25) is 0 Å². The number of nitrogens with two attached hydrogens (primary N) is 1. The van der Waals surface area contributed by atoms with E-state index in [1.165, 1.54) is 5.69 Å². The van der Waals surface area contributed by atoms with Crippen LogP contribution in [0.4, 0.5) is 29.1 Å². The van der Waals surface area contributed by atoms with Gasteiger partial charge in [-0.1, -0.05) is 13.3 Å². The van der Waals surface area contributed by atoms with Crippen LogP contribution in [0, 0.1) is 23.3 Å². The molecular weight excluding hydrogens is 642 g/mol. The number of likely N-dealkylation sites (N-methyl/N-ethyl adjacent to an activating group) is 2. The Morgan fingerprint density at radius 1 is 0.959 bits per heavy atom. The zero-order valence-electron chi connectivity index (χ0n) is 28.4. The molecule has 266 valence electrons. The molecular formula is C35H45F4N7O3. The number of aryl methyl sites for hydroxylation is 2. The molecule has 0 bridgehead atoms. The number of imidazole rings is 1. The number of carbonyl (C=O) groups excluding carboxylic acids is 1. The Morgan fingerprint density at radius 2 is 1.69 bits per heavy atom. The van der Waals surface area contributed by atoms with Crippen molar-refractivity contribution in [3.63, 3.8) is 0 Å². The van der Waals surface area contributed by atoms with Crippen molar-refractivity contribution in [2.75, 3.05) is 77.2 Å². The molecule has 0 radical (unpaired) electrons. The maximum absolute atomic E-state index is 13.7. The summed E-state index contributed by atoms with van der Waals surface area (Å²) in [5.74, 6) is -7.83. The molecule has 2 N–H and O–H groups in total. The molecule has 0 unspecified atom stereocenters. The number of fused-ring (bicyclic) bond motifs is 3. The van der Waals surface area contributed by atoms with E-state index in [9.17, 15) is 22.4 Å². The fraction of sp³-hybridized carbons (Fsp3) is 0.514. The first kappa shape index (κ1) is 36.3. The van der Waals surface area contributed by atoms with Gasteiger partial charge in [0.2, 0.25) is 17.4 Å². The number of halogens is 4. The number of benzene rings is 2. The van der Waals surface area contributed by atoms with Crippen molar-refractivity contribution in [3.05, 3.63) is 53.4 Å². The van der Waals surface area contributed by atoms with Crippen molar-refractivity contribution < 1.29 is 31.8 Å². The van der Waals surface area contributed by atoms with Crippen LogP contribution in [-0.2, 0) is 22.5 Å². The minimum atomic E-state index is -1.77. The van der Waals surface area contributed by atoms with Crippen LogP contribution in [0.5, 0.6) is 5.75 Å². The smallest absolute Gasteiger partial charge is 0.313 e. The molecule has 1 fully saturated rings. The zero-order valence-corrected chi connectivity index (χ0v) is 28.4. The number of piperazine rings is 1. The molecule has 0 atom stereocenters. The van der Waals surface area contributed by atoms with Gasteiger partial charge < -0.3 is 34.5 Å². The number of unbranched alkanes of at least 4 members (excludes halogenated alkanes) is 2. The summed E-state index contributed by atoms with van der Waals surface area (Å²) in [6.07, 6.45) is 4.44. The van der Waals surface area contributed by atoms with E-state index < -0.39 is 35.0 Å². The standard InChI is InChI=1S/C35H45F4N7O3/c1-4-5-8-28-42-32-33(24-21-23(9-10-27(24)41-35(32)40)45-16-14-44(3)15-17-45)46(28)13-7-6-12-43(2)18-20-48-19-11-29(47)49-34-30(38)25(36)22-26(37)31(34)39/h9-10,21-22H,4-8,11-20H2,1-3H3,(H2,40,41). The largest absolute Gasteiger partial charge is 0.420 e. The summed E-state index contributed by atoms with van der Waals surface area (Å²) in [4.78, 5) is 28.5. The SMILES string of the molecule is CCCCc1nc2c(N)nc3ccc(N4CCN(C)CC4)cc3c2n1CCCCN(C)CCOCCC(=O)Oc1c(F)c(F)cc(F)c1F. The van der Waals surface area contributed by atoms with Crippen molar-refractivity contribution in [2.45, 2.75) is 52.0 Å². The van der Waals surface area contributed by atoms with Crippen LogP contribution >= 0.6 is 0 Å². The number of hydrogen-bond donors (Lipinski definition) is 1. The van der Waals surface area contributed by atoms with E-state index in [2.05, 4.69) is 56.2 Å². The van der Waals surface area contributed by atoms with E-state index in [1.54, 1.807) is 0 Å². The van der Waals surface area contributed by atoms with Gasteiger partial charge in [-0.2, -0.15) is 8.78 Å². The Bertz CT molecular complexity index is 1730. The highest BCUT2D eigenvalue weighted by Crippen LogP contribution is 2.33. The molecule has 0 aliphatic carbocycles.